The Kier molecular flexibility index (Phi) is 5.83. The molecule has 0 atom stereocenters. The molecule has 22 heavy (non-hydrogen) atoms. The average molecular weight is 297 g/mol. The van der Waals surface area contributed by atoms with Gasteiger partial charge in [0.25, 0.3) is 0 Å². The summed E-state index contributed by atoms with van der Waals surface area (Å²) in [5.41, 5.74) is 8.03. The largest absolute Gasteiger partial charge is 0.491 e. The Morgan fingerprint density at radius 3 is 2.41 bits per heavy atom. The molecule has 0 radical (unpaired) electrons. The Morgan fingerprint density at radius 1 is 1.09 bits per heavy atom. The van der Waals surface area contributed by atoms with Gasteiger partial charge in [-0.15, -0.1) is 0 Å². The predicted molar refractivity (Wildman–Crippen MR) is 92.5 cm³/mol. The minimum atomic E-state index is 0.194. The van der Waals surface area contributed by atoms with Crippen LogP contribution in [0.15, 0.2) is 59.6 Å². The van der Waals surface area contributed by atoms with Crippen molar-refractivity contribution in [3.63, 3.8) is 0 Å². The zero-order chi connectivity index (χ0) is 15.8. The van der Waals surface area contributed by atoms with E-state index >= 15 is 0 Å². The minimum absolute atomic E-state index is 0.194. The van der Waals surface area contributed by atoms with Crippen molar-refractivity contribution in [3.05, 3.63) is 60.2 Å². The van der Waals surface area contributed by atoms with Crippen molar-refractivity contribution >= 4 is 11.6 Å². The van der Waals surface area contributed by atoms with Crippen LogP contribution >= 0.6 is 0 Å². The smallest absolute Gasteiger partial charge is 0.193 e. The molecule has 0 aliphatic rings. The number of nitrogens with zero attached hydrogens (tertiary/aromatic N) is 1. The molecule has 2 aromatic carbocycles. The van der Waals surface area contributed by atoms with Crippen LogP contribution in [0.1, 0.15) is 19.4 Å². The first-order valence-corrected chi connectivity index (χ1v) is 7.51. The molecular weight excluding hydrogens is 274 g/mol. The van der Waals surface area contributed by atoms with Crippen molar-refractivity contribution in [2.75, 3.05) is 11.9 Å². The fourth-order valence-corrected chi connectivity index (χ4v) is 2.02. The fourth-order valence-electron chi connectivity index (χ4n) is 2.02. The van der Waals surface area contributed by atoms with Crippen LogP contribution in [0, 0.1) is 0 Å². The van der Waals surface area contributed by atoms with E-state index in [1.165, 1.54) is 5.56 Å². The van der Waals surface area contributed by atoms with Crippen LogP contribution in [-0.2, 0) is 6.42 Å². The van der Waals surface area contributed by atoms with Gasteiger partial charge in [0.15, 0.2) is 5.96 Å². The summed E-state index contributed by atoms with van der Waals surface area (Å²) in [5, 5.41) is 3.07. The molecule has 0 aliphatic carbocycles. The van der Waals surface area contributed by atoms with Crippen LogP contribution in [0.5, 0.6) is 5.75 Å². The maximum Gasteiger partial charge on any atom is 0.193 e. The number of nitrogens with two attached hydrogens (primary N) is 1. The van der Waals surface area contributed by atoms with Gasteiger partial charge in [0.2, 0.25) is 0 Å². The van der Waals surface area contributed by atoms with E-state index < -0.39 is 0 Å². The highest BCUT2D eigenvalue weighted by Gasteiger charge is 1.98. The van der Waals surface area contributed by atoms with Gasteiger partial charge in [-0.05, 0) is 50.1 Å². The summed E-state index contributed by atoms with van der Waals surface area (Å²) in [6.07, 6.45) is 1.04. The second-order valence-electron chi connectivity index (χ2n) is 5.32. The second kappa shape index (κ2) is 8.08. The third kappa shape index (κ3) is 5.48. The molecule has 0 fully saturated rings. The fraction of sp³-hybridized carbons (Fsp3) is 0.278. The number of hydrogen-bond acceptors (Lipinski definition) is 2. The van der Waals surface area contributed by atoms with E-state index in [1.807, 2.05) is 56.3 Å². The maximum atomic E-state index is 5.87. The van der Waals surface area contributed by atoms with Crippen LogP contribution in [0.4, 0.5) is 5.69 Å². The van der Waals surface area contributed by atoms with E-state index in [-0.39, 0.29) is 6.10 Å². The van der Waals surface area contributed by atoms with Crippen LogP contribution in [0.25, 0.3) is 0 Å². The summed E-state index contributed by atoms with van der Waals surface area (Å²) in [6, 6.07) is 17.9. The van der Waals surface area contributed by atoms with Crippen molar-refractivity contribution in [2.24, 2.45) is 10.7 Å². The van der Waals surface area contributed by atoms with E-state index in [2.05, 4.69) is 22.4 Å². The Balaban J connectivity index is 1.81. The van der Waals surface area contributed by atoms with E-state index in [0.29, 0.717) is 12.5 Å². The van der Waals surface area contributed by atoms with Gasteiger partial charge in [0, 0.05) is 12.2 Å². The minimum Gasteiger partial charge on any atom is -0.491 e. The van der Waals surface area contributed by atoms with Crippen LogP contribution in [0.3, 0.4) is 0 Å². The number of para-hydroxylation sites is 1. The van der Waals surface area contributed by atoms with Gasteiger partial charge in [-0.3, -0.25) is 4.99 Å². The van der Waals surface area contributed by atoms with E-state index in [1.54, 1.807) is 0 Å². The highest BCUT2D eigenvalue weighted by molar-refractivity contribution is 5.92. The number of hydrogen-bond donors (Lipinski definition) is 2. The van der Waals surface area contributed by atoms with Crippen molar-refractivity contribution in [2.45, 2.75) is 26.4 Å². The number of aliphatic imine (C=N–C) groups is 1. The Morgan fingerprint density at radius 2 is 1.77 bits per heavy atom. The van der Waals surface area contributed by atoms with Gasteiger partial charge in [-0.2, -0.15) is 0 Å². The molecule has 0 aromatic heterocycles. The molecule has 0 bridgehead atoms. The monoisotopic (exact) mass is 297 g/mol. The molecule has 0 saturated heterocycles. The molecule has 0 spiro atoms. The third-order valence-corrected chi connectivity index (χ3v) is 3.02. The summed E-state index contributed by atoms with van der Waals surface area (Å²) in [5.74, 6) is 1.33. The molecule has 116 valence electrons. The summed E-state index contributed by atoms with van der Waals surface area (Å²) in [6.45, 7) is 4.69. The summed E-state index contributed by atoms with van der Waals surface area (Å²) < 4.78 is 5.62. The second-order valence-corrected chi connectivity index (χ2v) is 5.32. The highest BCUT2D eigenvalue weighted by atomic mass is 16.5. The molecule has 4 heteroatoms. The van der Waals surface area contributed by atoms with Gasteiger partial charge in [-0.1, -0.05) is 30.3 Å². The average Bonchev–Trinajstić information content (AvgIpc) is 2.49. The normalized spacial score (nSPS) is 11.5. The quantitative estimate of drug-likeness (QED) is 0.634. The Bertz CT molecular complexity index is 591. The third-order valence-electron chi connectivity index (χ3n) is 3.02. The van der Waals surface area contributed by atoms with Gasteiger partial charge in [0.05, 0.1) is 6.10 Å². The Labute approximate surface area is 132 Å². The molecular formula is C18H23N3O. The molecule has 0 heterocycles. The maximum absolute atomic E-state index is 5.87. The summed E-state index contributed by atoms with van der Waals surface area (Å²) in [4.78, 5) is 4.34. The zero-order valence-electron chi connectivity index (χ0n) is 13.1. The standard InChI is InChI=1S/C18H23N3O/c1-14(2)22-17-10-8-15(9-11-17)12-13-20-18(19)21-16-6-4-3-5-7-16/h3-11,14H,12-13H2,1-2H3,(H3,19,20,21). The number of benzene rings is 2. The van der Waals surface area contributed by atoms with Crippen LogP contribution in [0.2, 0.25) is 0 Å². The van der Waals surface area contributed by atoms with Crippen LogP contribution < -0.4 is 15.8 Å². The lowest BCUT2D eigenvalue weighted by Gasteiger charge is -2.10. The molecule has 4 nitrogen and oxygen atoms in total. The number of anilines is 1. The first kappa shape index (κ1) is 15.9. The number of nitrogens with one attached hydrogen (secondary N) is 1. The van der Waals surface area contributed by atoms with E-state index in [4.69, 9.17) is 10.5 Å². The van der Waals surface area contributed by atoms with Crippen molar-refractivity contribution in [1.29, 1.82) is 0 Å². The van der Waals surface area contributed by atoms with E-state index in [0.717, 1.165) is 17.9 Å². The van der Waals surface area contributed by atoms with Gasteiger partial charge < -0.3 is 15.8 Å². The number of rotatable bonds is 6. The lowest BCUT2D eigenvalue weighted by Crippen LogP contribution is -2.23. The molecule has 0 unspecified atom stereocenters. The molecule has 0 aliphatic heterocycles. The summed E-state index contributed by atoms with van der Waals surface area (Å²) >= 11 is 0. The molecule has 3 N–H and O–H groups in total. The number of ether oxygens (including phenoxy) is 1. The van der Waals surface area contributed by atoms with Gasteiger partial charge >= 0.3 is 0 Å². The lowest BCUT2D eigenvalue weighted by atomic mass is 10.1. The zero-order valence-corrected chi connectivity index (χ0v) is 13.1. The number of guanidine groups is 1. The first-order chi connectivity index (χ1) is 10.6. The van der Waals surface area contributed by atoms with Crippen molar-refractivity contribution < 1.29 is 4.74 Å². The molecule has 2 aromatic rings. The summed E-state index contributed by atoms with van der Waals surface area (Å²) in [7, 11) is 0. The van der Waals surface area contributed by atoms with Crippen molar-refractivity contribution in [1.82, 2.24) is 0 Å². The van der Waals surface area contributed by atoms with Gasteiger partial charge in [0.1, 0.15) is 5.75 Å². The van der Waals surface area contributed by atoms with Crippen molar-refractivity contribution in [3.8, 4) is 5.75 Å². The topological polar surface area (TPSA) is 59.6 Å². The Hall–Kier alpha value is -2.49. The predicted octanol–water partition coefficient (Wildman–Crippen LogP) is 3.44. The SMILES string of the molecule is CC(C)Oc1ccc(CCN=C(N)Nc2ccccc2)cc1. The molecule has 2 rings (SSSR count). The lowest BCUT2D eigenvalue weighted by molar-refractivity contribution is 0.242. The van der Waals surface area contributed by atoms with E-state index in [9.17, 15) is 0 Å². The molecule has 0 saturated carbocycles. The van der Waals surface area contributed by atoms with Crippen LogP contribution in [-0.4, -0.2) is 18.6 Å². The highest BCUT2D eigenvalue weighted by Crippen LogP contribution is 2.14. The first-order valence-electron chi connectivity index (χ1n) is 7.51. The molecule has 0 amide bonds. The van der Waals surface area contributed by atoms with Gasteiger partial charge in [-0.25, -0.2) is 0 Å².